The summed E-state index contributed by atoms with van der Waals surface area (Å²) in [4.78, 5) is 0. The van der Waals surface area contributed by atoms with E-state index < -0.39 is 0 Å². The average Bonchev–Trinajstić information content (AvgIpc) is 2.79. The van der Waals surface area contributed by atoms with Gasteiger partial charge in [-0.2, -0.15) is 15.4 Å². The van der Waals surface area contributed by atoms with Gasteiger partial charge in [0, 0.05) is 0 Å². The van der Waals surface area contributed by atoms with E-state index in [-0.39, 0.29) is 6.04 Å². The van der Waals surface area contributed by atoms with E-state index in [2.05, 4.69) is 20.7 Å². The molecule has 0 spiro atoms. The average molecular weight is 257 g/mol. The van der Waals surface area contributed by atoms with Crippen molar-refractivity contribution in [3.05, 3.63) is 45.7 Å². The summed E-state index contributed by atoms with van der Waals surface area (Å²) in [5.74, 6) is 0. The molecule has 0 radical (unpaired) electrons. The molecule has 0 aliphatic rings. The molecule has 0 fully saturated rings. The van der Waals surface area contributed by atoms with Gasteiger partial charge >= 0.3 is 0 Å². The third-order valence-electron chi connectivity index (χ3n) is 2.31. The monoisotopic (exact) mass is 256 g/mol. The van der Waals surface area contributed by atoms with Gasteiger partial charge in [-0.1, -0.05) is 35.3 Å². The second kappa shape index (κ2) is 4.82. The van der Waals surface area contributed by atoms with Crippen molar-refractivity contribution in [1.82, 2.24) is 20.7 Å². The fraction of sp³-hybridized carbons (Fsp3) is 0.200. The number of hydrogen-bond donors (Lipinski definition) is 2. The summed E-state index contributed by atoms with van der Waals surface area (Å²) in [6.45, 7) is 0. The van der Waals surface area contributed by atoms with Crippen LogP contribution in [0.2, 0.25) is 10.0 Å². The van der Waals surface area contributed by atoms with Gasteiger partial charge in [0.2, 0.25) is 0 Å². The molecule has 1 aromatic carbocycles. The number of aromatic nitrogens is 3. The lowest BCUT2D eigenvalue weighted by Crippen LogP contribution is -2.18. The molecule has 0 bridgehead atoms. The lowest BCUT2D eigenvalue weighted by atomic mass is 10.0. The normalized spacial score (nSPS) is 12.7. The van der Waals surface area contributed by atoms with Gasteiger partial charge in [0.25, 0.3) is 0 Å². The summed E-state index contributed by atoms with van der Waals surface area (Å²) in [6.07, 6.45) is 1.65. The van der Waals surface area contributed by atoms with Gasteiger partial charge in [-0.25, -0.2) is 0 Å². The third-order valence-corrected chi connectivity index (χ3v) is 3.14. The van der Waals surface area contributed by atoms with Gasteiger partial charge in [-0.3, -0.25) is 0 Å². The van der Waals surface area contributed by atoms with Crippen LogP contribution >= 0.6 is 23.2 Å². The first-order valence-electron chi connectivity index (χ1n) is 4.71. The minimum absolute atomic E-state index is 0.120. The molecule has 1 aromatic heterocycles. The molecule has 4 nitrogen and oxygen atoms in total. The van der Waals surface area contributed by atoms with Crippen molar-refractivity contribution >= 4 is 23.2 Å². The van der Waals surface area contributed by atoms with E-state index in [1.165, 1.54) is 0 Å². The number of benzene rings is 1. The molecule has 0 aliphatic carbocycles. The van der Waals surface area contributed by atoms with Crippen molar-refractivity contribution in [1.29, 1.82) is 0 Å². The zero-order valence-electron chi connectivity index (χ0n) is 8.54. The molecular weight excluding hydrogens is 247 g/mol. The van der Waals surface area contributed by atoms with Crippen LogP contribution < -0.4 is 5.32 Å². The lowest BCUT2D eigenvalue weighted by molar-refractivity contribution is 0.667. The minimum atomic E-state index is -0.120. The molecule has 2 N–H and O–H groups in total. The summed E-state index contributed by atoms with van der Waals surface area (Å²) >= 11 is 12.1. The van der Waals surface area contributed by atoms with Crippen molar-refractivity contribution in [3.8, 4) is 0 Å². The Labute approximate surface area is 103 Å². The summed E-state index contributed by atoms with van der Waals surface area (Å²) in [5.41, 5.74) is 1.65. The number of hydrogen-bond acceptors (Lipinski definition) is 3. The Kier molecular flexibility index (Phi) is 3.43. The Morgan fingerprint density at radius 2 is 2.19 bits per heavy atom. The first kappa shape index (κ1) is 11.4. The number of halogens is 2. The maximum atomic E-state index is 6.15. The second-order valence-electron chi connectivity index (χ2n) is 3.26. The van der Waals surface area contributed by atoms with Gasteiger partial charge in [0.1, 0.15) is 5.69 Å². The smallest absolute Gasteiger partial charge is 0.104 e. The fourth-order valence-electron chi connectivity index (χ4n) is 1.56. The van der Waals surface area contributed by atoms with E-state index in [0.717, 1.165) is 11.3 Å². The Bertz CT molecular complexity index is 470. The van der Waals surface area contributed by atoms with Crippen LogP contribution in [0.3, 0.4) is 0 Å². The van der Waals surface area contributed by atoms with Crippen LogP contribution in [0.4, 0.5) is 0 Å². The van der Waals surface area contributed by atoms with Crippen LogP contribution in [0.5, 0.6) is 0 Å². The molecule has 0 saturated carbocycles. The highest BCUT2D eigenvalue weighted by atomic mass is 35.5. The molecule has 2 aromatic rings. The SMILES string of the molecule is CNC(c1cn[nH]n1)c1cccc(Cl)c1Cl. The first-order chi connectivity index (χ1) is 7.74. The van der Waals surface area contributed by atoms with E-state index in [4.69, 9.17) is 23.2 Å². The molecule has 0 saturated heterocycles. The maximum absolute atomic E-state index is 6.15. The zero-order chi connectivity index (χ0) is 11.5. The largest absolute Gasteiger partial charge is 0.308 e. The Balaban J connectivity index is 2.45. The summed E-state index contributed by atoms with van der Waals surface area (Å²) in [6, 6.07) is 5.39. The number of nitrogens with one attached hydrogen (secondary N) is 2. The van der Waals surface area contributed by atoms with E-state index in [9.17, 15) is 0 Å². The second-order valence-corrected chi connectivity index (χ2v) is 4.04. The summed E-state index contributed by atoms with van der Waals surface area (Å²) in [5, 5.41) is 14.6. The van der Waals surface area contributed by atoms with Gasteiger partial charge < -0.3 is 5.32 Å². The van der Waals surface area contributed by atoms with Crippen LogP contribution in [0.25, 0.3) is 0 Å². The number of aromatic amines is 1. The molecule has 16 heavy (non-hydrogen) atoms. The molecule has 6 heteroatoms. The van der Waals surface area contributed by atoms with Gasteiger partial charge in [0.15, 0.2) is 0 Å². The molecule has 2 rings (SSSR count). The quantitative estimate of drug-likeness (QED) is 0.887. The lowest BCUT2D eigenvalue weighted by Gasteiger charge is -2.15. The molecule has 1 unspecified atom stereocenters. The van der Waals surface area contributed by atoms with E-state index in [1.807, 2.05) is 19.2 Å². The van der Waals surface area contributed by atoms with Crippen molar-refractivity contribution in [2.24, 2.45) is 0 Å². The summed E-state index contributed by atoms with van der Waals surface area (Å²) in [7, 11) is 1.83. The Hall–Kier alpha value is -1.10. The van der Waals surface area contributed by atoms with Crippen LogP contribution in [0.1, 0.15) is 17.3 Å². The van der Waals surface area contributed by atoms with Crippen LogP contribution in [0.15, 0.2) is 24.4 Å². The van der Waals surface area contributed by atoms with Gasteiger partial charge in [-0.05, 0) is 18.7 Å². The van der Waals surface area contributed by atoms with E-state index in [1.54, 1.807) is 12.3 Å². The van der Waals surface area contributed by atoms with Crippen molar-refractivity contribution in [2.45, 2.75) is 6.04 Å². The predicted molar refractivity (Wildman–Crippen MR) is 63.7 cm³/mol. The standard InChI is InChI=1S/C10H10Cl2N4/c1-13-10(8-5-14-16-15-8)6-3-2-4-7(11)9(6)12/h2-5,10,13H,1H3,(H,14,15,16). The third kappa shape index (κ3) is 2.04. The molecule has 1 atom stereocenters. The van der Waals surface area contributed by atoms with Gasteiger partial charge in [-0.15, -0.1) is 0 Å². The highest BCUT2D eigenvalue weighted by Gasteiger charge is 2.18. The van der Waals surface area contributed by atoms with E-state index >= 15 is 0 Å². The number of rotatable bonds is 3. The molecular formula is C10H10Cl2N4. The van der Waals surface area contributed by atoms with Crippen LogP contribution in [-0.2, 0) is 0 Å². The zero-order valence-corrected chi connectivity index (χ0v) is 10.0. The van der Waals surface area contributed by atoms with Crippen molar-refractivity contribution in [2.75, 3.05) is 7.05 Å². The number of nitrogens with zero attached hydrogens (tertiary/aromatic N) is 2. The van der Waals surface area contributed by atoms with Crippen molar-refractivity contribution in [3.63, 3.8) is 0 Å². The maximum Gasteiger partial charge on any atom is 0.104 e. The molecule has 0 amide bonds. The Morgan fingerprint density at radius 1 is 1.38 bits per heavy atom. The highest BCUT2D eigenvalue weighted by molar-refractivity contribution is 6.42. The van der Waals surface area contributed by atoms with Crippen molar-refractivity contribution < 1.29 is 0 Å². The Morgan fingerprint density at radius 3 is 2.81 bits per heavy atom. The summed E-state index contributed by atoms with van der Waals surface area (Å²) < 4.78 is 0. The van der Waals surface area contributed by atoms with Crippen LogP contribution in [-0.4, -0.2) is 22.5 Å². The molecule has 1 heterocycles. The minimum Gasteiger partial charge on any atom is -0.308 e. The van der Waals surface area contributed by atoms with E-state index in [0.29, 0.717) is 10.0 Å². The number of H-pyrrole nitrogens is 1. The van der Waals surface area contributed by atoms with Gasteiger partial charge in [0.05, 0.1) is 22.3 Å². The highest BCUT2D eigenvalue weighted by Crippen LogP contribution is 2.31. The fourth-order valence-corrected chi connectivity index (χ4v) is 1.97. The molecule has 84 valence electrons. The first-order valence-corrected chi connectivity index (χ1v) is 5.46. The molecule has 0 aliphatic heterocycles. The van der Waals surface area contributed by atoms with Crippen LogP contribution in [0, 0.1) is 0 Å². The topological polar surface area (TPSA) is 53.6 Å². The predicted octanol–water partition coefficient (Wildman–Crippen LogP) is 2.42.